The zero-order valence-corrected chi connectivity index (χ0v) is 18.7. The molecule has 0 aliphatic heterocycles. The van der Waals surface area contributed by atoms with E-state index in [1.54, 1.807) is 22.8 Å². The predicted molar refractivity (Wildman–Crippen MR) is 122 cm³/mol. The maximum absolute atomic E-state index is 12.2. The summed E-state index contributed by atoms with van der Waals surface area (Å²) in [4.78, 5) is 24.4. The first-order valence-corrected chi connectivity index (χ1v) is 11.1. The van der Waals surface area contributed by atoms with Crippen molar-refractivity contribution in [3.05, 3.63) is 89.6 Å². The molecule has 0 saturated carbocycles. The first kappa shape index (κ1) is 22.4. The molecular formula is C22H18ClN5O4S. The fraction of sp³-hybridized carbons (Fsp3) is 0.0909. The number of hydrogen-bond donors (Lipinski definition) is 2. The minimum Gasteiger partial charge on any atom is -0.486 e. The Bertz CT molecular complexity index is 1240. The lowest BCUT2D eigenvalue weighted by molar-refractivity contribution is -0.119. The molecule has 0 unspecified atom stereocenters. The van der Waals surface area contributed by atoms with E-state index in [9.17, 15) is 9.59 Å². The van der Waals surface area contributed by atoms with E-state index in [2.05, 4.69) is 21.0 Å². The Balaban J connectivity index is 1.24. The van der Waals surface area contributed by atoms with E-state index in [4.69, 9.17) is 20.8 Å². The second-order valence-corrected chi connectivity index (χ2v) is 8.00. The highest BCUT2D eigenvalue weighted by molar-refractivity contribution is 7.99. The minimum atomic E-state index is -0.582. The summed E-state index contributed by atoms with van der Waals surface area (Å²) in [5.74, 6) is 0.223. The SMILES string of the molecule is O=C(CSc1nncn1-c1cccc(Cl)c1)NNC(=O)c1ccc(COc2ccccc2)o1. The monoisotopic (exact) mass is 483 g/mol. The number of carbonyl (C=O) groups excluding carboxylic acids is 2. The van der Waals surface area contributed by atoms with Crippen LogP contribution in [0.1, 0.15) is 16.3 Å². The zero-order valence-electron chi connectivity index (χ0n) is 17.1. The molecule has 0 bridgehead atoms. The van der Waals surface area contributed by atoms with Crippen LogP contribution >= 0.6 is 23.4 Å². The van der Waals surface area contributed by atoms with Crippen LogP contribution < -0.4 is 15.6 Å². The lowest BCUT2D eigenvalue weighted by Crippen LogP contribution is -2.42. The molecular weight excluding hydrogens is 466 g/mol. The van der Waals surface area contributed by atoms with E-state index in [0.29, 0.717) is 21.7 Å². The van der Waals surface area contributed by atoms with Crippen molar-refractivity contribution < 1.29 is 18.7 Å². The lowest BCUT2D eigenvalue weighted by atomic mass is 10.3. The first-order chi connectivity index (χ1) is 16.1. The quantitative estimate of drug-likeness (QED) is 0.290. The molecule has 0 saturated heterocycles. The van der Waals surface area contributed by atoms with Crippen LogP contribution in [0.25, 0.3) is 5.69 Å². The molecule has 11 heteroatoms. The van der Waals surface area contributed by atoms with Crippen molar-refractivity contribution >= 4 is 35.2 Å². The van der Waals surface area contributed by atoms with Gasteiger partial charge in [-0.25, -0.2) is 0 Å². The van der Waals surface area contributed by atoms with Crippen LogP contribution in [0.15, 0.2) is 82.6 Å². The molecule has 0 atom stereocenters. The van der Waals surface area contributed by atoms with Crippen LogP contribution in [-0.2, 0) is 11.4 Å². The van der Waals surface area contributed by atoms with E-state index in [-0.39, 0.29) is 18.1 Å². The number of benzene rings is 2. The van der Waals surface area contributed by atoms with Crippen molar-refractivity contribution in [3.63, 3.8) is 0 Å². The number of rotatable bonds is 8. The van der Waals surface area contributed by atoms with Gasteiger partial charge in [-0.1, -0.05) is 47.6 Å². The van der Waals surface area contributed by atoms with E-state index < -0.39 is 11.8 Å². The third kappa shape index (κ3) is 6.15. The van der Waals surface area contributed by atoms with Crippen molar-refractivity contribution in [2.24, 2.45) is 0 Å². The molecule has 0 radical (unpaired) electrons. The number of carbonyl (C=O) groups is 2. The molecule has 2 amide bonds. The summed E-state index contributed by atoms with van der Waals surface area (Å²) in [6.07, 6.45) is 1.53. The fourth-order valence-corrected chi connectivity index (χ4v) is 3.64. The van der Waals surface area contributed by atoms with Crippen LogP contribution in [0, 0.1) is 0 Å². The number of thioether (sulfide) groups is 1. The lowest BCUT2D eigenvalue weighted by Gasteiger charge is -2.08. The molecule has 33 heavy (non-hydrogen) atoms. The second-order valence-electron chi connectivity index (χ2n) is 6.62. The Morgan fingerprint density at radius 1 is 1.06 bits per heavy atom. The topological polar surface area (TPSA) is 111 Å². The van der Waals surface area contributed by atoms with Gasteiger partial charge in [-0.15, -0.1) is 10.2 Å². The molecule has 4 aromatic rings. The van der Waals surface area contributed by atoms with Crippen LogP contribution in [0.5, 0.6) is 5.75 Å². The number of aromatic nitrogens is 3. The maximum atomic E-state index is 12.2. The third-order valence-corrected chi connectivity index (χ3v) is 5.44. The van der Waals surface area contributed by atoms with Gasteiger partial charge in [0.15, 0.2) is 10.9 Å². The summed E-state index contributed by atoms with van der Waals surface area (Å²) in [7, 11) is 0. The summed E-state index contributed by atoms with van der Waals surface area (Å²) in [6, 6.07) is 19.6. The molecule has 2 aromatic carbocycles. The van der Waals surface area contributed by atoms with Gasteiger partial charge in [0.25, 0.3) is 0 Å². The highest BCUT2D eigenvalue weighted by atomic mass is 35.5. The van der Waals surface area contributed by atoms with E-state index >= 15 is 0 Å². The van der Waals surface area contributed by atoms with Gasteiger partial charge < -0.3 is 9.15 Å². The molecule has 4 rings (SSSR count). The maximum Gasteiger partial charge on any atom is 0.305 e. The van der Waals surface area contributed by atoms with Crippen LogP contribution in [0.4, 0.5) is 0 Å². The van der Waals surface area contributed by atoms with Gasteiger partial charge in [-0.3, -0.25) is 25.0 Å². The third-order valence-electron chi connectivity index (χ3n) is 4.26. The number of nitrogens with zero attached hydrogens (tertiary/aromatic N) is 3. The first-order valence-electron chi connectivity index (χ1n) is 9.73. The fourth-order valence-electron chi connectivity index (χ4n) is 2.73. The van der Waals surface area contributed by atoms with Gasteiger partial charge in [0.05, 0.1) is 11.4 Å². The number of halogens is 1. The van der Waals surface area contributed by atoms with Gasteiger partial charge in [-0.05, 0) is 42.5 Å². The molecule has 2 N–H and O–H groups in total. The number of para-hydroxylation sites is 1. The largest absolute Gasteiger partial charge is 0.486 e. The molecule has 2 aromatic heterocycles. The molecule has 9 nitrogen and oxygen atoms in total. The summed E-state index contributed by atoms with van der Waals surface area (Å²) in [5.41, 5.74) is 5.44. The zero-order chi connectivity index (χ0) is 23.0. The van der Waals surface area contributed by atoms with Crippen molar-refractivity contribution in [2.45, 2.75) is 11.8 Å². The van der Waals surface area contributed by atoms with E-state index in [0.717, 1.165) is 17.4 Å². The Morgan fingerprint density at radius 3 is 2.73 bits per heavy atom. The smallest absolute Gasteiger partial charge is 0.305 e. The summed E-state index contributed by atoms with van der Waals surface area (Å²) in [5, 5.41) is 8.98. The standard InChI is InChI=1S/C22H18ClN5O4S/c23-15-5-4-6-16(11-15)28-14-24-27-22(28)33-13-20(29)25-26-21(30)19-10-9-18(32-19)12-31-17-7-2-1-3-8-17/h1-11,14H,12-13H2,(H,25,29)(H,26,30). The predicted octanol–water partition coefficient (Wildman–Crippen LogP) is 3.65. The number of furan rings is 1. The molecule has 2 heterocycles. The Labute approximate surface area is 198 Å². The van der Waals surface area contributed by atoms with Crippen LogP contribution in [0.2, 0.25) is 5.02 Å². The summed E-state index contributed by atoms with van der Waals surface area (Å²) < 4.78 is 12.8. The van der Waals surface area contributed by atoms with Gasteiger partial charge in [0, 0.05) is 5.02 Å². The van der Waals surface area contributed by atoms with Crippen molar-refractivity contribution in [1.82, 2.24) is 25.6 Å². The number of hydrogen-bond acceptors (Lipinski definition) is 7. The highest BCUT2D eigenvalue weighted by Gasteiger charge is 2.14. The summed E-state index contributed by atoms with van der Waals surface area (Å²) in [6.45, 7) is 0.174. The van der Waals surface area contributed by atoms with Gasteiger partial charge >= 0.3 is 5.91 Å². The Kier molecular flexibility index (Phi) is 7.28. The number of amides is 2. The van der Waals surface area contributed by atoms with Crippen molar-refractivity contribution in [3.8, 4) is 11.4 Å². The number of hydrazine groups is 1. The summed E-state index contributed by atoms with van der Waals surface area (Å²) >= 11 is 7.19. The average Bonchev–Trinajstić information content (AvgIpc) is 3.50. The number of ether oxygens (including phenoxy) is 1. The second kappa shape index (κ2) is 10.7. The minimum absolute atomic E-state index is 0.00780. The average molecular weight is 484 g/mol. The Hall–Kier alpha value is -3.76. The Morgan fingerprint density at radius 2 is 1.91 bits per heavy atom. The molecule has 0 fully saturated rings. The van der Waals surface area contributed by atoms with Gasteiger partial charge in [-0.2, -0.15) is 0 Å². The molecule has 0 spiro atoms. The van der Waals surface area contributed by atoms with Crippen molar-refractivity contribution in [1.29, 1.82) is 0 Å². The van der Waals surface area contributed by atoms with E-state index in [1.165, 1.54) is 12.4 Å². The normalized spacial score (nSPS) is 10.6. The molecule has 168 valence electrons. The van der Waals surface area contributed by atoms with Crippen LogP contribution in [-0.4, -0.2) is 32.3 Å². The number of nitrogens with one attached hydrogen (secondary N) is 2. The van der Waals surface area contributed by atoms with Gasteiger partial charge in [0.1, 0.15) is 24.4 Å². The molecule has 0 aliphatic rings. The van der Waals surface area contributed by atoms with Crippen LogP contribution in [0.3, 0.4) is 0 Å². The van der Waals surface area contributed by atoms with Gasteiger partial charge in [0.2, 0.25) is 5.91 Å². The van der Waals surface area contributed by atoms with E-state index in [1.807, 2.05) is 42.5 Å². The highest BCUT2D eigenvalue weighted by Crippen LogP contribution is 2.21. The molecule has 0 aliphatic carbocycles. The van der Waals surface area contributed by atoms with Crippen molar-refractivity contribution in [2.75, 3.05) is 5.75 Å².